The first-order chi connectivity index (χ1) is 8.13. The number of pyridine rings is 1. The third-order valence-electron chi connectivity index (χ3n) is 3.17. The van der Waals surface area contributed by atoms with Crippen molar-refractivity contribution in [2.45, 2.75) is 37.8 Å². The molecule has 3 nitrogen and oxygen atoms in total. The van der Waals surface area contributed by atoms with Crippen molar-refractivity contribution in [1.29, 1.82) is 0 Å². The van der Waals surface area contributed by atoms with E-state index in [0.717, 1.165) is 29.3 Å². The van der Waals surface area contributed by atoms with Gasteiger partial charge in [0.15, 0.2) is 0 Å². The van der Waals surface area contributed by atoms with Crippen LogP contribution in [0.15, 0.2) is 12.1 Å². The van der Waals surface area contributed by atoms with Crippen molar-refractivity contribution in [2.24, 2.45) is 0 Å². The highest BCUT2D eigenvalue weighted by Gasteiger charge is 2.32. The Morgan fingerprint density at radius 3 is 2.65 bits per heavy atom. The van der Waals surface area contributed by atoms with E-state index in [1.807, 2.05) is 6.07 Å². The molecule has 1 heterocycles. The second kappa shape index (κ2) is 5.48. The van der Waals surface area contributed by atoms with Crippen LogP contribution in [0.3, 0.4) is 0 Å². The van der Waals surface area contributed by atoms with Crippen LogP contribution in [0.4, 0.5) is 10.2 Å². The molecule has 5 heteroatoms. The van der Waals surface area contributed by atoms with Crippen molar-refractivity contribution < 1.29 is 9.13 Å². The fourth-order valence-electron chi connectivity index (χ4n) is 2.27. The van der Waals surface area contributed by atoms with Gasteiger partial charge in [-0.05, 0) is 54.3 Å². The van der Waals surface area contributed by atoms with Gasteiger partial charge >= 0.3 is 0 Å². The third-order valence-corrected chi connectivity index (χ3v) is 3.79. The molecule has 1 aliphatic carbocycles. The predicted octanol–water partition coefficient (Wildman–Crippen LogP) is 3.54. The molecule has 17 heavy (non-hydrogen) atoms. The summed E-state index contributed by atoms with van der Waals surface area (Å²) in [7, 11) is 1.70. The number of aromatic nitrogens is 1. The molecule has 94 valence electrons. The Morgan fingerprint density at radius 1 is 1.35 bits per heavy atom. The number of hydrogen-bond acceptors (Lipinski definition) is 3. The first kappa shape index (κ1) is 13.0. The lowest BCUT2D eigenvalue weighted by molar-refractivity contribution is -0.0154. The van der Waals surface area contributed by atoms with Gasteiger partial charge in [0, 0.05) is 16.7 Å². The number of nitrogens with zero attached hydrogens (tertiary/aromatic N) is 1. The lowest BCUT2D eigenvalue weighted by atomic mass is 9.91. The molecule has 0 spiro atoms. The molecule has 0 amide bonds. The van der Waals surface area contributed by atoms with Gasteiger partial charge in [-0.3, -0.25) is 0 Å². The summed E-state index contributed by atoms with van der Waals surface area (Å²) in [5.41, 5.74) is -0.373. The second-order valence-electron chi connectivity index (χ2n) is 4.38. The van der Waals surface area contributed by atoms with Crippen molar-refractivity contribution in [3.05, 3.63) is 21.7 Å². The van der Waals surface area contributed by atoms with Crippen molar-refractivity contribution >= 4 is 28.4 Å². The van der Waals surface area contributed by atoms with Crippen LogP contribution in [0.5, 0.6) is 0 Å². The number of nitrogens with one attached hydrogen (secondary N) is 1. The third kappa shape index (κ3) is 3.28. The van der Waals surface area contributed by atoms with Crippen LogP contribution < -0.4 is 5.32 Å². The quantitative estimate of drug-likeness (QED) is 0.514. The molecule has 1 aromatic heterocycles. The first-order valence-corrected chi connectivity index (χ1v) is 6.88. The van der Waals surface area contributed by atoms with Gasteiger partial charge in [0.1, 0.15) is 11.5 Å². The van der Waals surface area contributed by atoms with Gasteiger partial charge in [-0.1, -0.05) is 6.42 Å². The topological polar surface area (TPSA) is 34.1 Å². The maximum atomic E-state index is 13.2. The zero-order valence-corrected chi connectivity index (χ0v) is 12.0. The summed E-state index contributed by atoms with van der Waals surface area (Å²) in [6, 6.07) is 3.24. The average Bonchev–Trinajstić information content (AvgIpc) is 2.29. The summed E-state index contributed by atoms with van der Waals surface area (Å²) in [6.45, 7) is 0. The van der Waals surface area contributed by atoms with Crippen molar-refractivity contribution in [3.8, 4) is 0 Å². The number of rotatable bonds is 3. The first-order valence-electron chi connectivity index (χ1n) is 5.80. The lowest BCUT2D eigenvalue weighted by Crippen LogP contribution is -2.42. The number of anilines is 1. The molecular weight excluding hydrogens is 334 g/mol. The van der Waals surface area contributed by atoms with Crippen LogP contribution in [-0.2, 0) is 4.74 Å². The lowest BCUT2D eigenvalue weighted by Gasteiger charge is -2.37. The molecule has 0 radical (unpaired) electrons. The minimum absolute atomic E-state index is 0.373. The largest absolute Gasteiger partial charge is 0.359 e. The molecule has 1 N–H and O–H groups in total. The van der Waals surface area contributed by atoms with Gasteiger partial charge in [-0.2, -0.15) is 4.39 Å². The average molecular weight is 350 g/mol. The van der Waals surface area contributed by atoms with Gasteiger partial charge in [-0.15, -0.1) is 0 Å². The number of hydrogen-bond donors (Lipinski definition) is 1. The molecule has 0 aliphatic heterocycles. The van der Waals surface area contributed by atoms with Crippen LogP contribution in [0, 0.1) is 9.52 Å². The molecule has 0 saturated heterocycles. The van der Waals surface area contributed by atoms with Crippen LogP contribution in [0.1, 0.15) is 32.1 Å². The van der Waals surface area contributed by atoms with Crippen LogP contribution in [0.2, 0.25) is 0 Å². The highest BCUT2D eigenvalue weighted by molar-refractivity contribution is 14.1. The van der Waals surface area contributed by atoms with Gasteiger partial charge in [0.2, 0.25) is 5.95 Å². The number of methoxy groups -OCH3 is 1. The standard InChI is InChI=1S/C12H16FIN2O/c1-17-12(5-3-2-4-6-12)16-11-8-9(14)7-10(13)15-11/h7-8H,2-6H2,1H3,(H,15,16). The van der Waals surface area contributed by atoms with Crippen LogP contribution in [0.25, 0.3) is 0 Å². The van der Waals surface area contributed by atoms with Crippen LogP contribution >= 0.6 is 22.6 Å². The Bertz CT molecular complexity index is 374. The molecule has 1 aliphatic rings. The molecule has 1 aromatic rings. The molecule has 1 fully saturated rings. The minimum Gasteiger partial charge on any atom is -0.359 e. The molecule has 0 atom stereocenters. The Labute approximate surface area is 114 Å². The number of ether oxygens (including phenoxy) is 1. The van der Waals surface area contributed by atoms with Gasteiger partial charge in [0.05, 0.1) is 0 Å². The minimum atomic E-state index is -0.457. The summed E-state index contributed by atoms with van der Waals surface area (Å²) in [5, 5.41) is 3.25. The smallest absolute Gasteiger partial charge is 0.215 e. The highest BCUT2D eigenvalue weighted by Crippen LogP contribution is 2.32. The van der Waals surface area contributed by atoms with E-state index >= 15 is 0 Å². The van der Waals surface area contributed by atoms with E-state index in [0.29, 0.717) is 5.82 Å². The van der Waals surface area contributed by atoms with E-state index in [-0.39, 0.29) is 5.72 Å². The summed E-state index contributed by atoms with van der Waals surface area (Å²) < 4.78 is 19.6. The van der Waals surface area contributed by atoms with Crippen molar-refractivity contribution in [3.63, 3.8) is 0 Å². The number of halogens is 2. The van der Waals surface area contributed by atoms with Gasteiger partial charge < -0.3 is 10.1 Å². The Kier molecular flexibility index (Phi) is 4.19. The monoisotopic (exact) mass is 350 g/mol. The summed E-state index contributed by atoms with van der Waals surface area (Å²) in [4.78, 5) is 3.86. The summed E-state index contributed by atoms with van der Waals surface area (Å²) >= 11 is 2.08. The molecular formula is C12H16FIN2O. The maximum absolute atomic E-state index is 13.2. The SMILES string of the molecule is COC1(Nc2cc(I)cc(F)n2)CCCCC1. The van der Waals surface area contributed by atoms with Gasteiger partial charge in [-0.25, -0.2) is 4.98 Å². The van der Waals surface area contributed by atoms with E-state index in [4.69, 9.17) is 4.74 Å². The predicted molar refractivity (Wildman–Crippen MR) is 73.4 cm³/mol. The van der Waals surface area contributed by atoms with Crippen molar-refractivity contribution in [1.82, 2.24) is 4.98 Å². The zero-order chi connectivity index (χ0) is 12.3. The van der Waals surface area contributed by atoms with Gasteiger partial charge in [0.25, 0.3) is 0 Å². The summed E-state index contributed by atoms with van der Waals surface area (Å²) in [6.07, 6.45) is 5.39. The van der Waals surface area contributed by atoms with E-state index in [1.54, 1.807) is 7.11 Å². The van der Waals surface area contributed by atoms with E-state index < -0.39 is 5.95 Å². The fraction of sp³-hybridized carbons (Fsp3) is 0.583. The Hall–Kier alpha value is -0.430. The fourth-order valence-corrected chi connectivity index (χ4v) is 2.82. The highest BCUT2D eigenvalue weighted by atomic mass is 127. The molecule has 2 rings (SSSR count). The van der Waals surface area contributed by atoms with E-state index in [9.17, 15) is 4.39 Å². The maximum Gasteiger partial charge on any atom is 0.215 e. The molecule has 0 unspecified atom stereocenters. The molecule has 0 aromatic carbocycles. The Morgan fingerprint density at radius 2 is 2.06 bits per heavy atom. The van der Waals surface area contributed by atoms with E-state index in [2.05, 4.69) is 32.9 Å². The Balaban J connectivity index is 2.17. The molecule has 0 bridgehead atoms. The van der Waals surface area contributed by atoms with Crippen LogP contribution in [-0.4, -0.2) is 17.8 Å². The zero-order valence-electron chi connectivity index (χ0n) is 9.80. The van der Waals surface area contributed by atoms with E-state index in [1.165, 1.54) is 12.5 Å². The van der Waals surface area contributed by atoms with Crippen molar-refractivity contribution in [2.75, 3.05) is 12.4 Å². The second-order valence-corrected chi connectivity index (χ2v) is 5.62. The molecule has 1 saturated carbocycles. The normalized spacial score (nSPS) is 19.0. The summed E-state index contributed by atoms with van der Waals surface area (Å²) in [5.74, 6) is 0.0969.